The first kappa shape index (κ1) is 16.6. The predicted molar refractivity (Wildman–Crippen MR) is 97.4 cm³/mol. The van der Waals surface area contributed by atoms with Crippen LogP contribution in [0.5, 0.6) is 5.75 Å². The second-order valence-electron chi connectivity index (χ2n) is 5.00. The fraction of sp³-hybridized carbons (Fsp3) is 0.111. The summed E-state index contributed by atoms with van der Waals surface area (Å²) in [5.74, 6) is 1.26. The van der Waals surface area contributed by atoms with Crippen LogP contribution in [0.25, 0.3) is 5.69 Å². The number of hydrogen-bond donors (Lipinski definition) is 0. The van der Waals surface area contributed by atoms with Crippen molar-refractivity contribution in [2.75, 3.05) is 7.11 Å². The zero-order valence-electron chi connectivity index (χ0n) is 13.0. The highest BCUT2D eigenvalue weighted by molar-refractivity contribution is 7.98. The highest BCUT2D eigenvalue weighted by Crippen LogP contribution is 2.26. The molecule has 4 nitrogen and oxygen atoms in total. The van der Waals surface area contributed by atoms with E-state index in [0.29, 0.717) is 27.2 Å². The summed E-state index contributed by atoms with van der Waals surface area (Å²) in [5.41, 5.74) is 1.65. The molecule has 0 spiro atoms. The van der Waals surface area contributed by atoms with E-state index in [9.17, 15) is 4.79 Å². The van der Waals surface area contributed by atoms with E-state index in [1.54, 1.807) is 37.7 Å². The molecule has 0 fully saturated rings. The van der Waals surface area contributed by atoms with Crippen molar-refractivity contribution in [2.24, 2.45) is 0 Å². The maximum absolute atomic E-state index is 12.7. The third-order valence-corrected chi connectivity index (χ3v) is 4.77. The van der Waals surface area contributed by atoms with Crippen molar-refractivity contribution in [3.8, 4) is 11.4 Å². The molecule has 0 unspecified atom stereocenters. The molecule has 0 aliphatic carbocycles. The molecule has 24 heavy (non-hydrogen) atoms. The van der Waals surface area contributed by atoms with Crippen LogP contribution in [-0.4, -0.2) is 16.7 Å². The maximum atomic E-state index is 12.7. The molecule has 0 aliphatic heterocycles. The molecule has 0 N–H and O–H groups in total. The van der Waals surface area contributed by atoms with Gasteiger partial charge in [-0.05, 0) is 23.8 Å². The molecule has 0 saturated heterocycles. The van der Waals surface area contributed by atoms with Crippen molar-refractivity contribution in [1.82, 2.24) is 9.55 Å². The first-order valence-corrected chi connectivity index (χ1v) is 8.63. The van der Waals surface area contributed by atoms with Crippen LogP contribution in [0.15, 0.2) is 70.7 Å². The Hall–Kier alpha value is -2.24. The molecule has 2 aromatic carbocycles. The van der Waals surface area contributed by atoms with Crippen molar-refractivity contribution in [2.45, 2.75) is 10.8 Å². The molecule has 1 aromatic heterocycles. The summed E-state index contributed by atoms with van der Waals surface area (Å²) < 4.78 is 6.67. The second-order valence-corrected chi connectivity index (χ2v) is 6.37. The summed E-state index contributed by atoms with van der Waals surface area (Å²) in [6.07, 6.45) is 3.25. The summed E-state index contributed by atoms with van der Waals surface area (Å²) in [6.45, 7) is 0. The number of methoxy groups -OCH3 is 1. The Morgan fingerprint density at radius 1 is 1.21 bits per heavy atom. The minimum Gasteiger partial charge on any atom is -0.495 e. The number of rotatable bonds is 5. The number of benzene rings is 2. The van der Waals surface area contributed by atoms with Crippen LogP contribution in [0, 0.1) is 0 Å². The van der Waals surface area contributed by atoms with Crippen LogP contribution in [0.4, 0.5) is 0 Å². The first-order chi connectivity index (χ1) is 11.7. The molecule has 122 valence electrons. The smallest absolute Gasteiger partial charge is 0.287 e. The fourth-order valence-electron chi connectivity index (χ4n) is 2.23. The Labute approximate surface area is 149 Å². The van der Waals surface area contributed by atoms with Crippen LogP contribution in [-0.2, 0) is 5.75 Å². The Bertz CT molecular complexity index is 897. The monoisotopic (exact) mass is 358 g/mol. The molecule has 1 heterocycles. The van der Waals surface area contributed by atoms with Crippen LogP contribution in [0.3, 0.4) is 0 Å². The topological polar surface area (TPSA) is 44.1 Å². The van der Waals surface area contributed by atoms with Crippen molar-refractivity contribution < 1.29 is 4.74 Å². The van der Waals surface area contributed by atoms with Gasteiger partial charge in [-0.1, -0.05) is 53.7 Å². The Balaban J connectivity index is 1.88. The summed E-state index contributed by atoms with van der Waals surface area (Å²) in [7, 11) is 1.55. The second kappa shape index (κ2) is 7.55. The minimum absolute atomic E-state index is 0.167. The van der Waals surface area contributed by atoms with Crippen molar-refractivity contribution >= 4 is 23.4 Å². The highest BCUT2D eigenvalue weighted by Gasteiger charge is 2.09. The molecule has 0 amide bonds. The van der Waals surface area contributed by atoms with Crippen molar-refractivity contribution in [1.29, 1.82) is 0 Å². The molecule has 0 bridgehead atoms. The summed E-state index contributed by atoms with van der Waals surface area (Å²) in [4.78, 5) is 16.9. The largest absolute Gasteiger partial charge is 0.495 e. The number of nitrogens with zero attached hydrogens (tertiary/aromatic N) is 2. The molecular weight excluding hydrogens is 344 g/mol. The molecular formula is C18H15ClN2O2S. The van der Waals surface area contributed by atoms with Gasteiger partial charge in [-0.15, -0.1) is 0 Å². The van der Waals surface area contributed by atoms with Crippen LogP contribution >= 0.6 is 23.4 Å². The third-order valence-electron chi connectivity index (χ3n) is 3.44. The van der Waals surface area contributed by atoms with E-state index in [1.807, 2.05) is 30.3 Å². The standard InChI is InChI=1S/C18H15ClN2O2S/c1-23-16-8-7-14(11-15(16)19)21-10-9-20-17(18(21)22)24-12-13-5-3-2-4-6-13/h2-11H,12H2,1H3. The molecule has 6 heteroatoms. The molecule has 0 saturated carbocycles. The quantitative estimate of drug-likeness (QED) is 0.641. The van der Waals surface area contributed by atoms with Gasteiger partial charge >= 0.3 is 0 Å². The zero-order valence-corrected chi connectivity index (χ0v) is 14.6. The lowest BCUT2D eigenvalue weighted by Gasteiger charge is -2.09. The SMILES string of the molecule is COc1ccc(-n2ccnc(SCc3ccccc3)c2=O)cc1Cl. The Morgan fingerprint density at radius 3 is 2.71 bits per heavy atom. The van der Waals surface area contributed by atoms with E-state index >= 15 is 0 Å². The van der Waals surface area contributed by atoms with Gasteiger partial charge < -0.3 is 4.74 Å². The van der Waals surface area contributed by atoms with E-state index in [0.717, 1.165) is 5.56 Å². The first-order valence-electron chi connectivity index (χ1n) is 7.27. The molecule has 3 aromatic rings. The summed E-state index contributed by atoms with van der Waals surface area (Å²) in [6, 6.07) is 15.2. The number of ether oxygens (including phenoxy) is 1. The van der Waals surface area contributed by atoms with Gasteiger partial charge in [-0.25, -0.2) is 4.98 Å². The number of thioether (sulfide) groups is 1. The van der Waals surface area contributed by atoms with Gasteiger partial charge in [0.1, 0.15) is 5.75 Å². The summed E-state index contributed by atoms with van der Waals surface area (Å²) in [5, 5.41) is 0.908. The fourth-order valence-corrected chi connectivity index (χ4v) is 3.33. The van der Waals surface area contributed by atoms with Crippen LogP contribution in [0.2, 0.25) is 5.02 Å². The van der Waals surface area contributed by atoms with E-state index in [1.165, 1.54) is 16.3 Å². The lowest BCUT2D eigenvalue weighted by atomic mass is 10.2. The Kier molecular flexibility index (Phi) is 5.23. The van der Waals surface area contributed by atoms with E-state index in [4.69, 9.17) is 16.3 Å². The maximum Gasteiger partial charge on any atom is 0.287 e. The van der Waals surface area contributed by atoms with Crippen molar-refractivity contribution in [3.05, 3.63) is 81.9 Å². The normalized spacial score (nSPS) is 10.6. The van der Waals surface area contributed by atoms with Crippen molar-refractivity contribution in [3.63, 3.8) is 0 Å². The minimum atomic E-state index is -0.167. The van der Waals surface area contributed by atoms with Gasteiger partial charge in [0.2, 0.25) is 0 Å². The van der Waals surface area contributed by atoms with Crippen LogP contribution < -0.4 is 10.3 Å². The lowest BCUT2D eigenvalue weighted by molar-refractivity contribution is 0.415. The number of aromatic nitrogens is 2. The van der Waals surface area contributed by atoms with Gasteiger partial charge in [-0.2, -0.15) is 0 Å². The molecule has 0 aliphatic rings. The molecule has 0 atom stereocenters. The van der Waals surface area contributed by atoms with Gasteiger partial charge in [0.25, 0.3) is 5.56 Å². The molecule has 0 radical (unpaired) electrons. The Morgan fingerprint density at radius 2 is 2.00 bits per heavy atom. The summed E-state index contributed by atoms with van der Waals surface area (Å²) >= 11 is 7.57. The van der Waals surface area contributed by atoms with E-state index < -0.39 is 0 Å². The highest BCUT2D eigenvalue weighted by atomic mass is 35.5. The predicted octanol–water partition coefficient (Wildman–Crippen LogP) is 4.19. The van der Waals surface area contributed by atoms with Gasteiger partial charge in [-0.3, -0.25) is 9.36 Å². The molecule has 3 rings (SSSR count). The third kappa shape index (κ3) is 3.63. The number of halogens is 1. The van der Waals surface area contributed by atoms with Gasteiger partial charge in [0.15, 0.2) is 5.03 Å². The average Bonchev–Trinajstić information content (AvgIpc) is 2.62. The number of hydrogen-bond acceptors (Lipinski definition) is 4. The lowest BCUT2D eigenvalue weighted by Crippen LogP contribution is -2.20. The average molecular weight is 359 g/mol. The zero-order chi connectivity index (χ0) is 16.9. The van der Waals surface area contributed by atoms with E-state index in [-0.39, 0.29) is 5.56 Å². The van der Waals surface area contributed by atoms with Gasteiger partial charge in [0, 0.05) is 18.1 Å². The van der Waals surface area contributed by atoms with Crippen LogP contribution in [0.1, 0.15) is 5.56 Å². The van der Waals surface area contributed by atoms with Gasteiger partial charge in [0.05, 0.1) is 17.8 Å². The van der Waals surface area contributed by atoms with E-state index in [2.05, 4.69) is 4.98 Å².